The van der Waals surface area contributed by atoms with Crippen LogP contribution in [0.2, 0.25) is 0 Å². The molecule has 0 unspecified atom stereocenters. The summed E-state index contributed by atoms with van der Waals surface area (Å²) in [5, 5.41) is 0. The van der Waals surface area contributed by atoms with Crippen LogP contribution in [0.1, 0.15) is 63.9 Å². The zero-order chi connectivity index (χ0) is 26.2. The van der Waals surface area contributed by atoms with Crippen molar-refractivity contribution in [2.45, 2.75) is 72.8 Å². The highest BCUT2D eigenvalue weighted by Gasteiger charge is 2.11. The predicted molar refractivity (Wildman–Crippen MR) is 159 cm³/mol. The van der Waals surface area contributed by atoms with E-state index in [1.807, 2.05) is 12.4 Å². The lowest BCUT2D eigenvalue weighted by Gasteiger charge is -2.16. The third kappa shape index (κ3) is 6.43. The van der Waals surface area contributed by atoms with Crippen molar-refractivity contribution in [3.8, 4) is 11.1 Å². The Bertz CT molecular complexity index is 1370. The first kappa shape index (κ1) is 26.5. The first-order valence-corrected chi connectivity index (χ1v) is 13.7. The van der Waals surface area contributed by atoms with Crippen LogP contribution in [0.3, 0.4) is 0 Å². The largest absolute Gasteiger partial charge is 0.296 e. The number of pyridine rings is 1. The second-order valence-electron chi connectivity index (χ2n) is 10.1. The Kier molecular flexibility index (Phi) is 9.06. The van der Waals surface area contributed by atoms with Crippen LogP contribution in [0.15, 0.2) is 78.0 Å². The lowest BCUT2D eigenvalue weighted by molar-refractivity contribution is 0.897. The zero-order valence-electron chi connectivity index (χ0n) is 23.0. The molecule has 0 saturated heterocycles. The quantitative estimate of drug-likeness (QED) is 0.195. The van der Waals surface area contributed by atoms with Gasteiger partial charge in [0.25, 0.3) is 0 Å². The fourth-order valence-electron chi connectivity index (χ4n) is 5.47. The van der Waals surface area contributed by atoms with Crippen molar-refractivity contribution in [3.63, 3.8) is 0 Å². The monoisotopic (exact) mass is 488 g/mol. The van der Waals surface area contributed by atoms with Crippen molar-refractivity contribution in [1.29, 1.82) is 0 Å². The predicted octanol–water partition coefficient (Wildman–Crippen LogP) is 8.26. The van der Waals surface area contributed by atoms with Crippen molar-refractivity contribution < 1.29 is 0 Å². The summed E-state index contributed by atoms with van der Waals surface area (Å²) in [7, 11) is 0. The van der Waals surface area contributed by atoms with Gasteiger partial charge in [0.1, 0.15) is 0 Å². The molecule has 0 aliphatic rings. The van der Waals surface area contributed by atoms with Gasteiger partial charge in [-0.15, -0.1) is 0 Å². The van der Waals surface area contributed by atoms with Gasteiger partial charge in [-0.2, -0.15) is 0 Å². The topological polar surface area (TPSA) is 25.2 Å². The normalized spacial score (nSPS) is 11.0. The van der Waals surface area contributed by atoms with Gasteiger partial charge in [-0.3, -0.25) is 9.98 Å². The van der Waals surface area contributed by atoms with Crippen molar-refractivity contribution >= 4 is 6.72 Å². The van der Waals surface area contributed by atoms with Crippen molar-refractivity contribution in [2.75, 3.05) is 0 Å². The van der Waals surface area contributed by atoms with E-state index < -0.39 is 0 Å². The molecule has 3 aromatic carbocycles. The SMILES string of the molecule is C=NCc1cncc(CCc2cc(CCc3cccc(-c4cccc(CC)c4C)c3C)ccc2CC)c1. The van der Waals surface area contributed by atoms with Gasteiger partial charge in [-0.05, 0) is 120 Å². The zero-order valence-corrected chi connectivity index (χ0v) is 23.0. The van der Waals surface area contributed by atoms with Crippen LogP contribution in [-0.4, -0.2) is 11.7 Å². The van der Waals surface area contributed by atoms with E-state index in [2.05, 4.69) is 105 Å². The fraction of sp³-hybridized carbons (Fsp3) is 0.314. The number of aliphatic imine (C=N–C) groups is 1. The van der Waals surface area contributed by atoms with Gasteiger partial charge in [0.2, 0.25) is 0 Å². The van der Waals surface area contributed by atoms with E-state index in [0.717, 1.165) is 44.1 Å². The van der Waals surface area contributed by atoms with Crippen molar-refractivity contribution in [1.82, 2.24) is 4.98 Å². The molecule has 190 valence electrons. The smallest absolute Gasteiger partial charge is 0.0647 e. The van der Waals surface area contributed by atoms with Gasteiger partial charge in [0, 0.05) is 12.4 Å². The average Bonchev–Trinajstić information content (AvgIpc) is 2.92. The molecule has 2 heteroatoms. The van der Waals surface area contributed by atoms with Crippen molar-refractivity contribution in [3.05, 3.63) is 123 Å². The van der Waals surface area contributed by atoms with Crippen LogP contribution in [0.25, 0.3) is 11.1 Å². The van der Waals surface area contributed by atoms with Crippen LogP contribution in [-0.2, 0) is 45.1 Å². The van der Waals surface area contributed by atoms with Gasteiger partial charge in [0.15, 0.2) is 0 Å². The highest BCUT2D eigenvalue weighted by Crippen LogP contribution is 2.31. The van der Waals surface area contributed by atoms with E-state index in [1.54, 1.807) is 0 Å². The van der Waals surface area contributed by atoms with Crippen LogP contribution < -0.4 is 0 Å². The van der Waals surface area contributed by atoms with Gasteiger partial charge < -0.3 is 0 Å². The van der Waals surface area contributed by atoms with Crippen LogP contribution in [0, 0.1) is 13.8 Å². The van der Waals surface area contributed by atoms with Crippen molar-refractivity contribution in [2.24, 2.45) is 4.99 Å². The Morgan fingerprint density at radius 2 is 1.24 bits per heavy atom. The van der Waals surface area contributed by atoms with Crippen LogP contribution in [0.5, 0.6) is 0 Å². The third-order valence-corrected chi connectivity index (χ3v) is 7.73. The van der Waals surface area contributed by atoms with E-state index in [1.165, 1.54) is 55.6 Å². The Morgan fingerprint density at radius 3 is 1.95 bits per heavy atom. The van der Waals surface area contributed by atoms with Crippen LogP contribution >= 0.6 is 0 Å². The minimum Gasteiger partial charge on any atom is -0.296 e. The number of nitrogens with zero attached hydrogens (tertiary/aromatic N) is 2. The van der Waals surface area contributed by atoms with Gasteiger partial charge >= 0.3 is 0 Å². The Balaban J connectivity index is 1.50. The molecule has 0 spiro atoms. The summed E-state index contributed by atoms with van der Waals surface area (Å²) in [6.45, 7) is 13.3. The van der Waals surface area contributed by atoms with Crippen LogP contribution in [0.4, 0.5) is 0 Å². The lowest BCUT2D eigenvalue weighted by Crippen LogP contribution is -2.01. The second-order valence-corrected chi connectivity index (χ2v) is 10.1. The van der Waals surface area contributed by atoms with E-state index in [9.17, 15) is 0 Å². The number of aromatic nitrogens is 1. The van der Waals surface area contributed by atoms with Gasteiger partial charge in [0.05, 0.1) is 6.54 Å². The van der Waals surface area contributed by atoms with E-state index in [4.69, 9.17) is 0 Å². The molecule has 0 aliphatic heterocycles. The lowest BCUT2D eigenvalue weighted by atomic mass is 9.89. The summed E-state index contributed by atoms with van der Waals surface area (Å²) in [4.78, 5) is 8.40. The molecule has 4 aromatic rings. The molecule has 1 aromatic heterocycles. The summed E-state index contributed by atoms with van der Waals surface area (Å²) < 4.78 is 0. The highest BCUT2D eigenvalue weighted by molar-refractivity contribution is 5.72. The molecule has 0 saturated carbocycles. The summed E-state index contributed by atoms with van der Waals surface area (Å²) in [5.41, 5.74) is 15.2. The molecular formula is C35H40N2. The summed E-state index contributed by atoms with van der Waals surface area (Å²) >= 11 is 0. The number of hydrogen-bond donors (Lipinski definition) is 0. The molecule has 0 atom stereocenters. The van der Waals surface area contributed by atoms with Gasteiger partial charge in [-0.1, -0.05) is 74.5 Å². The molecule has 0 radical (unpaired) electrons. The summed E-state index contributed by atoms with van der Waals surface area (Å²) in [6, 6.07) is 22.9. The molecule has 0 aliphatic carbocycles. The molecule has 0 fully saturated rings. The summed E-state index contributed by atoms with van der Waals surface area (Å²) in [6.07, 6.45) is 10.1. The Morgan fingerprint density at radius 1 is 0.622 bits per heavy atom. The Hall–Kier alpha value is -3.52. The van der Waals surface area contributed by atoms with E-state index >= 15 is 0 Å². The minimum absolute atomic E-state index is 0.626. The second kappa shape index (κ2) is 12.6. The fourth-order valence-corrected chi connectivity index (χ4v) is 5.47. The molecule has 0 amide bonds. The third-order valence-electron chi connectivity index (χ3n) is 7.73. The maximum atomic E-state index is 4.40. The minimum atomic E-state index is 0.626. The average molecular weight is 489 g/mol. The first-order chi connectivity index (χ1) is 18.0. The van der Waals surface area contributed by atoms with Gasteiger partial charge in [-0.25, -0.2) is 0 Å². The number of hydrogen-bond acceptors (Lipinski definition) is 2. The van der Waals surface area contributed by atoms with E-state index in [0.29, 0.717) is 6.54 Å². The summed E-state index contributed by atoms with van der Waals surface area (Å²) in [5.74, 6) is 0. The molecule has 1 heterocycles. The Labute approximate surface area is 223 Å². The molecule has 4 rings (SSSR count). The number of rotatable bonds is 11. The number of aryl methyl sites for hydroxylation is 6. The first-order valence-electron chi connectivity index (χ1n) is 13.7. The maximum absolute atomic E-state index is 4.40. The maximum Gasteiger partial charge on any atom is 0.0647 e. The molecule has 0 N–H and O–H groups in total. The molecule has 2 nitrogen and oxygen atoms in total. The number of benzene rings is 3. The van der Waals surface area contributed by atoms with E-state index in [-0.39, 0.29) is 0 Å². The highest BCUT2D eigenvalue weighted by atomic mass is 14.7. The molecule has 0 bridgehead atoms. The molecular weight excluding hydrogens is 448 g/mol. The molecule has 37 heavy (non-hydrogen) atoms. The standard InChI is InChI=1S/C35H40N2/c1-6-30-10-8-12-34(25(30)3)35-13-9-11-32(26(35)4)18-15-27-14-17-31(7-2)33(21-27)19-16-28-20-29(22-36-5)24-37-23-28/h8-14,17,20-21,23-24H,5-7,15-16,18-19,22H2,1-4H3.